The van der Waals surface area contributed by atoms with Crippen LogP contribution in [-0.2, 0) is 11.3 Å². The number of nitrogens with one attached hydrogen (secondary N) is 1. The molecule has 22 heavy (non-hydrogen) atoms. The van der Waals surface area contributed by atoms with E-state index in [0.29, 0.717) is 5.75 Å². The molecule has 0 spiro atoms. The first-order chi connectivity index (χ1) is 10.6. The predicted molar refractivity (Wildman–Crippen MR) is 89.6 cm³/mol. The lowest BCUT2D eigenvalue weighted by Crippen LogP contribution is -2.10. The molecular weight excluding hydrogens is 298 g/mol. The number of ether oxygens (including phenoxy) is 1. The molecule has 0 fully saturated rings. The van der Waals surface area contributed by atoms with Crippen LogP contribution in [0.25, 0.3) is 11.1 Å². The van der Waals surface area contributed by atoms with E-state index in [2.05, 4.69) is 11.4 Å². The normalized spacial score (nSPS) is 10.5. The molecule has 0 amide bonds. The van der Waals surface area contributed by atoms with Crippen LogP contribution in [0.15, 0.2) is 47.4 Å². The number of rotatable bonds is 7. The number of carboxylic acid groups (broad SMARTS) is 1. The van der Waals surface area contributed by atoms with Gasteiger partial charge in [-0.2, -0.15) is 0 Å². The van der Waals surface area contributed by atoms with E-state index in [0.717, 1.165) is 28.1 Å². The first-order valence-corrected chi connectivity index (χ1v) is 8.13. The van der Waals surface area contributed by atoms with Gasteiger partial charge in [-0.15, -0.1) is 11.8 Å². The van der Waals surface area contributed by atoms with E-state index >= 15 is 0 Å². The van der Waals surface area contributed by atoms with Crippen molar-refractivity contribution < 1.29 is 14.6 Å². The maximum absolute atomic E-state index is 10.8. The van der Waals surface area contributed by atoms with E-state index in [1.807, 2.05) is 49.7 Å². The van der Waals surface area contributed by atoms with E-state index in [1.165, 1.54) is 0 Å². The van der Waals surface area contributed by atoms with Crippen molar-refractivity contribution in [2.75, 3.05) is 19.9 Å². The van der Waals surface area contributed by atoms with Crippen LogP contribution in [0.5, 0.6) is 5.75 Å². The Labute approximate surface area is 134 Å². The van der Waals surface area contributed by atoms with Crippen LogP contribution in [0, 0.1) is 0 Å². The van der Waals surface area contributed by atoms with Gasteiger partial charge in [0.1, 0.15) is 5.75 Å². The van der Waals surface area contributed by atoms with Gasteiger partial charge < -0.3 is 15.2 Å². The minimum Gasteiger partial charge on any atom is -0.481 e. The van der Waals surface area contributed by atoms with Crippen molar-refractivity contribution in [1.82, 2.24) is 5.32 Å². The van der Waals surface area contributed by atoms with Crippen molar-refractivity contribution in [3.05, 3.63) is 48.0 Å². The maximum atomic E-state index is 10.8. The first-order valence-electron chi connectivity index (χ1n) is 6.90. The zero-order valence-electron chi connectivity index (χ0n) is 12.6. The number of benzene rings is 2. The van der Waals surface area contributed by atoms with Crippen molar-refractivity contribution >= 4 is 17.7 Å². The molecule has 0 aliphatic heterocycles. The summed E-state index contributed by atoms with van der Waals surface area (Å²) in [5, 5.41) is 11.9. The van der Waals surface area contributed by atoms with Gasteiger partial charge in [0.15, 0.2) is 6.61 Å². The van der Waals surface area contributed by atoms with Gasteiger partial charge in [-0.1, -0.05) is 18.2 Å². The number of thioether (sulfide) groups is 1. The van der Waals surface area contributed by atoms with Gasteiger partial charge in [0, 0.05) is 17.0 Å². The molecule has 4 nitrogen and oxygen atoms in total. The van der Waals surface area contributed by atoms with Crippen LogP contribution < -0.4 is 10.1 Å². The Morgan fingerprint density at radius 2 is 2.09 bits per heavy atom. The summed E-state index contributed by atoms with van der Waals surface area (Å²) in [6.45, 7) is 0.398. The Morgan fingerprint density at radius 3 is 2.77 bits per heavy atom. The fourth-order valence-electron chi connectivity index (χ4n) is 2.17. The molecule has 0 aliphatic carbocycles. The average Bonchev–Trinajstić information content (AvgIpc) is 2.53. The summed E-state index contributed by atoms with van der Waals surface area (Å²) in [7, 11) is 1.89. The maximum Gasteiger partial charge on any atom is 0.341 e. The van der Waals surface area contributed by atoms with Crippen LogP contribution in [0.4, 0.5) is 0 Å². The van der Waals surface area contributed by atoms with Crippen molar-refractivity contribution in [1.29, 1.82) is 0 Å². The number of hydrogen-bond donors (Lipinski definition) is 2. The van der Waals surface area contributed by atoms with Gasteiger partial charge in [0.05, 0.1) is 0 Å². The summed E-state index contributed by atoms with van der Waals surface area (Å²) >= 11 is 1.67. The van der Waals surface area contributed by atoms with Crippen molar-refractivity contribution in [3.63, 3.8) is 0 Å². The van der Waals surface area contributed by atoms with Crippen molar-refractivity contribution in [2.24, 2.45) is 0 Å². The van der Waals surface area contributed by atoms with E-state index in [4.69, 9.17) is 9.84 Å². The summed E-state index contributed by atoms with van der Waals surface area (Å²) in [5.74, 6) is -0.399. The van der Waals surface area contributed by atoms with E-state index in [1.54, 1.807) is 11.8 Å². The fraction of sp³-hybridized carbons (Fsp3) is 0.235. The highest BCUT2D eigenvalue weighted by atomic mass is 32.2. The van der Waals surface area contributed by atoms with Crippen LogP contribution in [0.1, 0.15) is 5.56 Å². The molecule has 2 aromatic rings. The Kier molecular flexibility index (Phi) is 5.86. The standard InChI is InChI=1S/C17H19NO3S/c1-18-10-12-6-7-16(21-11-17(19)20)15(8-12)13-4-3-5-14(9-13)22-2/h3-9,18H,10-11H2,1-2H3,(H,19,20). The van der Waals surface area contributed by atoms with Crippen LogP contribution in [-0.4, -0.2) is 31.0 Å². The molecule has 0 aromatic heterocycles. The number of hydrogen-bond acceptors (Lipinski definition) is 4. The number of carboxylic acids is 1. The molecule has 2 aromatic carbocycles. The molecule has 2 N–H and O–H groups in total. The van der Waals surface area contributed by atoms with Crippen molar-refractivity contribution in [3.8, 4) is 16.9 Å². The molecule has 2 rings (SSSR count). The topological polar surface area (TPSA) is 58.6 Å². The Morgan fingerprint density at radius 1 is 1.27 bits per heavy atom. The van der Waals surface area contributed by atoms with Gasteiger partial charge in [-0.05, 0) is 48.7 Å². The highest BCUT2D eigenvalue weighted by Gasteiger charge is 2.10. The first kappa shape index (κ1) is 16.4. The summed E-state index contributed by atoms with van der Waals surface area (Å²) in [4.78, 5) is 11.9. The number of aliphatic carboxylic acids is 1. The molecule has 0 saturated heterocycles. The Hall–Kier alpha value is -1.98. The molecule has 0 aliphatic rings. The third-order valence-electron chi connectivity index (χ3n) is 3.16. The monoisotopic (exact) mass is 317 g/mol. The molecule has 116 valence electrons. The van der Waals surface area contributed by atoms with Gasteiger partial charge in [0.2, 0.25) is 0 Å². The quantitative estimate of drug-likeness (QED) is 0.768. The van der Waals surface area contributed by atoms with Crippen LogP contribution >= 0.6 is 11.8 Å². The highest BCUT2D eigenvalue weighted by molar-refractivity contribution is 7.98. The van der Waals surface area contributed by atoms with Gasteiger partial charge >= 0.3 is 5.97 Å². The lowest BCUT2D eigenvalue weighted by molar-refractivity contribution is -0.139. The minimum absolute atomic E-state index is 0.347. The van der Waals surface area contributed by atoms with E-state index < -0.39 is 5.97 Å². The zero-order chi connectivity index (χ0) is 15.9. The zero-order valence-corrected chi connectivity index (χ0v) is 13.4. The van der Waals surface area contributed by atoms with E-state index in [9.17, 15) is 4.79 Å². The largest absolute Gasteiger partial charge is 0.481 e. The number of carbonyl (C=O) groups is 1. The van der Waals surface area contributed by atoms with Crippen molar-refractivity contribution in [2.45, 2.75) is 11.4 Å². The highest BCUT2D eigenvalue weighted by Crippen LogP contribution is 2.33. The molecule has 5 heteroatoms. The second-order valence-corrected chi connectivity index (χ2v) is 5.65. The Bertz CT molecular complexity index is 658. The lowest BCUT2D eigenvalue weighted by Gasteiger charge is -2.13. The van der Waals surface area contributed by atoms with Gasteiger partial charge in [-0.25, -0.2) is 4.79 Å². The van der Waals surface area contributed by atoms with Gasteiger partial charge in [0.25, 0.3) is 0 Å². The minimum atomic E-state index is -0.983. The molecule has 0 bridgehead atoms. The summed E-state index contributed by atoms with van der Waals surface area (Å²) < 4.78 is 5.43. The molecule has 0 atom stereocenters. The predicted octanol–water partition coefficient (Wildman–Crippen LogP) is 3.26. The third-order valence-corrected chi connectivity index (χ3v) is 3.88. The summed E-state index contributed by atoms with van der Waals surface area (Å²) in [6.07, 6.45) is 2.03. The van der Waals surface area contributed by atoms with E-state index in [-0.39, 0.29) is 6.61 Å². The summed E-state index contributed by atoms with van der Waals surface area (Å²) in [6, 6.07) is 13.9. The second-order valence-electron chi connectivity index (χ2n) is 4.78. The van der Waals surface area contributed by atoms with Crippen LogP contribution in [0.3, 0.4) is 0 Å². The molecule has 0 saturated carbocycles. The second kappa shape index (κ2) is 7.87. The molecule has 0 unspecified atom stereocenters. The Balaban J connectivity index is 2.43. The molecular formula is C17H19NO3S. The smallest absolute Gasteiger partial charge is 0.341 e. The van der Waals surface area contributed by atoms with Crippen LogP contribution in [0.2, 0.25) is 0 Å². The molecule has 0 radical (unpaired) electrons. The fourth-order valence-corrected chi connectivity index (χ4v) is 2.63. The summed E-state index contributed by atoms with van der Waals surface area (Å²) in [5.41, 5.74) is 3.05. The lowest BCUT2D eigenvalue weighted by atomic mass is 10.0. The molecule has 0 heterocycles. The average molecular weight is 317 g/mol. The SMILES string of the molecule is CNCc1ccc(OCC(=O)O)c(-c2cccc(SC)c2)c1. The van der Waals surface area contributed by atoms with Gasteiger partial charge in [-0.3, -0.25) is 0 Å². The third kappa shape index (κ3) is 4.26.